The van der Waals surface area contributed by atoms with E-state index in [4.69, 9.17) is 17.3 Å². The molecule has 1 aliphatic rings. The van der Waals surface area contributed by atoms with E-state index in [0.29, 0.717) is 10.8 Å². The number of nitrogens with one attached hydrogen (secondary N) is 1. The molecule has 0 spiro atoms. The number of halogens is 2. The van der Waals surface area contributed by atoms with Crippen molar-refractivity contribution in [3.05, 3.63) is 34.7 Å². The second kappa shape index (κ2) is 5.34. The largest absolute Gasteiger partial charge is 0.382 e. The molecule has 21 heavy (non-hydrogen) atoms. The molecule has 0 saturated heterocycles. The van der Waals surface area contributed by atoms with Crippen LogP contribution in [0, 0.1) is 5.82 Å². The van der Waals surface area contributed by atoms with E-state index < -0.39 is 0 Å². The molecule has 1 saturated carbocycles. The zero-order chi connectivity index (χ0) is 15.0. The molecule has 1 aromatic carbocycles. The first-order chi connectivity index (χ1) is 10.0. The van der Waals surface area contributed by atoms with Gasteiger partial charge < -0.3 is 5.73 Å². The van der Waals surface area contributed by atoms with Gasteiger partial charge in [0.2, 0.25) is 0 Å². The number of nitrogens with two attached hydrogens (primary N) is 1. The number of benzene rings is 1. The molecule has 3 rings (SSSR count). The minimum Gasteiger partial charge on any atom is -0.382 e. The smallest absolute Gasteiger partial charge is 0.153 e. The van der Waals surface area contributed by atoms with Gasteiger partial charge in [0, 0.05) is 16.5 Å². The summed E-state index contributed by atoms with van der Waals surface area (Å²) in [5, 5.41) is 7.64. The molecule has 1 fully saturated rings. The van der Waals surface area contributed by atoms with E-state index >= 15 is 0 Å². The summed E-state index contributed by atoms with van der Waals surface area (Å²) in [6, 6.07) is 4.39. The van der Waals surface area contributed by atoms with Crippen LogP contribution in [0.2, 0.25) is 5.02 Å². The Morgan fingerprint density at radius 2 is 2.00 bits per heavy atom. The summed E-state index contributed by atoms with van der Waals surface area (Å²) in [4.78, 5) is 0. The number of aromatic nitrogens is 2. The molecule has 1 aromatic heterocycles. The third-order valence-electron chi connectivity index (χ3n) is 4.56. The molecule has 3 nitrogen and oxygen atoms in total. The van der Waals surface area contributed by atoms with Crippen LogP contribution in [0.25, 0.3) is 11.1 Å². The number of nitrogen functional groups attached to an aromatic ring is 1. The first kappa shape index (κ1) is 14.4. The van der Waals surface area contributed by atoms with Crippen LogP contribution >= 0.6 is 11.6 Å². The van der Waals surface area contributed by atoms with Crippen LogP contribution in [0.15, 0.2) is 18.2 Å². The Balaban J connectivity index is 2.13. The molecule has 0 bridgehead atoms. The van der Waals surface area contributed by atoms with Crippen LogP contribution in [0.5, 0.6) is 0 Å². The van der Waals surface area contributed by atoms with E-state index in [0.717, 1.165) is 29.7 Å². The van der Waals surface area contributed by atoms with Gasteiger partial charge in [-0.15, -0.1) is 0 Å². The summed E-state index contributed by atoms with van der Waals surface area (Å²) in [6.07, 6.45) is 5.87. The van der Waals surface area contributed by atoms with Gasteiger partial charge in [-0.3, -0.25) is 5.10 Å². The number of nitrogens with zero attached hydrogens (tertiary/aromatic N) is 1. The van der Waals surface area contributed by atoms with Crippen LogP contribution in [0.4, 0.5) is 10.2 Å². The zero-order valence-corrected chi connectivity index (χ0v) is 12.8. The van der Waals surface area contributed by atoms with Gasteiger partial charge >= 0.3 is 0 Å². The first-order valence-electron chi connectivity index (χ1n) is 7.31. The van der Waals surface area contributed by atoms with E-state index in [1.807, 2.05) is 0 Å². The molecular weight excluding hydrogens is 289 g/mol. The number of rotatable bonds is 2. The van der Waals surface area contributed by atoms with Crippen molar-refractivity contribution in [3.8, 4) is 11.1 Å². The SMILES string of the molecule is CC1(c2[nH]nc(N)c2-c2ccc(F)cc2Cl)CCCCC1. The van der Waals surface area contributed by atoms with Gasteiger partial charge in [-0.2, -0.15) is 5.10 Å². The van der Waals surface area contributed by atoms with Crippen LogP contribution in [0.3, 0.4) is 0 Å². The highest BCUT2D eigenvalue weighted by molar-refractivity contribution is 6.33. The van der Waals surface area contributed by atoms with E-state index in [2.05, 4.69) is 17.1 Å². The predicted octanol–water partition coefficient (Wildman–Crippen LogP) is 4.67. The third kappa shape index (κ3) is 2.53. The highest BCUT2D eigenvalue weighted by atomic mass is 35.5. The van der Waals surface area contributed by atoms with E-state index in [9.17, 15) is 4.39 Å². The van der Waals surface area contributed by atoms with Crippen molar-refractivity contribution in [2.75, 3.05) is 5.73 Å². The molecule has 2 aromatic rings. The Labute approximate surface area is 128 Å². The van der Waals surface area contributed by atoms with Crippen molar-refractivity contribution >= 4 is 17.4 Å². The van der Waals surface area contributed by atoms with Crippen molar-refractivity contribution in [3.63, 3.8) is 0 Å². The van der Waals surface area contributed by atoms with Gasteiger partial charge in [0.05, 0.1) is 10.7 Å². The lowest BCUT2D eigenvalue weighted by Gasteiger charge is -2.33. The average Bonchev–Trinajstić information content (AvgIpc) is 2.82. The Bertz CT molecular complexity index is 660. The Morgan fingerprint density at radius 3 is 2.67 bits per heavy atom. The second-order valence-electron chi connectivity index (χ2n) is 6.10. The highest BCUT2D eigenvalue weighted by Crippen LogP contribution is 2.45. The topological polar surface area (TPSA) is 54.7 Å². The van der Waals surface area contributed by atoms with E-state index in [-0.39, 0.29) is 11.2 Å². The Morgan fingerprint density at radius 1 is 1.29 bits per heavy atom. The number of hydrogen-bond donors (Lipinski definition) is 2. The average molecular weight is 308 g/mol. The molecule has 1 aliphatic carbocycles. The van der Waals surface area contributed by atoms with Crippen molar-refractivity contribution in [1.82, 2.24) is 10.2 Å². The first-order valence-corrected chi connectivity index (χ1v) is 7.69. The summed E-state index contributed by atoms with van der Waals surface area (Å²) < 4.78 is 13.3. The van der Waals surface area contributed by atoms with Gasteiger partial charge in [-0.05, 0) is 31.0 Å². The van der Waals surface area contributed by atoms with Crippen LogP contribution in [0.1, 0.15) is 44.7 Å². The van der Waals surface area contributed by atoms with Crippen molar-refractivity contribution < 1.29 is 4.39 Å². The molecule has 0 unspecified atom stereocenters. The maximum Gasteiger partial charge on any atom is 0.153 e. The quantitative estimate of drug-likeness (QED) is 0.847. The van der Waals surface area contributed by atoms with Gasteiger partial charge in [0.25, 0.3) is 0 Å². The minimum atomic E-state index is -0.351. The predicted molar refractivity (Wildman–Crippen MR) is 83.8 cm³/mol. The lowest BCUT2D eigenvalue weighted by Crippen LogP contribution is -2.26. The van der Waals surface area contributed by atoms with Crippen LogP contribution < -0.4 is 5.73 Å². The number of H-pyrrole nitrogens is 1. The molecule has 0 atom stereocenters. The number of anilines is 1. The lowest BCUT2D eigenvalue weighted by atomic mass is 9.72. The monoisotopic (exact) mass is 307 g/mol. The summed E-state index contributed by atoms with van der Waals surface area (Å²) in [5.41, 5.74) is 8.66. The molecule has 5 heteroatoms. The van der Waals surface area contributed by atoms with Crippen LogP contribution in [-0.4, -0.2) is 10.2 Å². The molecule has 0 radical (unpaired) electrons. The Hall–Kier alpha value is -1.55. The van der Waals surface area contributed by atoms with Crippen molar-refractivity contribution in [1.29, 1.82) is 0 Å². The fourth-order valence-corrected chi connectivity index (χ4v) is 3.60. The van der Waals surface area contributed by atoms with Crippen molar-refractivity contribution in [2.24, 2.45) is 0 Å². The standard InChI is InChI=1S/C16H19ClFN3/c1-16(7-3-2-4-8-16)14-13(15(19)21-20-14)11-6-5-10(18)9-12(11)17/h5-6,9H,2-4,7-8H2,1H3,(H3,19,20,21). The maximum absolute atomic E-state index is 13.3. The minimum absolute atomic E-state index is 0.0237. The molecule has 0 amide bonds. The lowest BCUT2D eigenvalue weighted by molar-refractivity contribution is 0.312. The van der Waals surface area contributed by atoms with Gasteiger partial charge in [-0.1, -0.05) is 37.8 Å². The second-order valence-corrected chi connectivity index (χ2v) is 6.51. The molecule has 1 heterocycles. The summed E-state index contributed by atoms with van der Waals surface area (Å²) in [7, 11) is 0. The summed E-state index contributed by atoms with van der Waals surface area (Å²) in [5.74, 6) is 0.0709. The zero-order valence-electron chi connectivity index (χ0n) is 12.0. The molecule has 112 valence electrons. The molecule has 0 aliphatic heterocycles. The highest BCUT2D eigenvalue weighted by Gasteiger charge is 2.34. The summed E-state index contributed by atoms with van der Waals surface area (Å²) in [6.45, 7) is 2.24. The number of hydrogen-bond acceptors (Lipinski definition) is 2. The van der Waals surface area contributed by atoms with Crippen molar-refractivity contribution in [2.45, 2.75) is 44.4 Å². The maximum atomic E-state index is 13.3. The molecular formula is C16H19ClFN3. The van der Waals surface area contributed by atoms with Gasteiger partial charge in [-0.25, -0.2) is 4.39 Å². The van der Waals surface area contributed by atoms with E-state index in [1.165, 1.54) is 31.4 Å². The normalized spacial score (nSPS) is 17.9. The third-order valence-corrected chi connectivity index (χ3v) is 4.87. The Kier molecular flexibility index (Phi) is 3.66. The fourth-order valence-electron chi connectivity index (χ4n) is 3.34. The number of aromatic amines is 1. The fraction of sp³-hybridized carbons (Fsp3) is 0.438. The van der Waals surface area contributed by atoms with Gasteiger partial charge in [0.1, 0.15) is 5.82 Å². The van der Waals surface area contributed by atoms with E-state index in [1.54, 1.807) is 6.07 Å². The summed E-state index contributed by atoms with van der Waals surface area (Å²) >= 11 is 6.21. The van der Waals surface area contributed by atoms with Crippen LogP contribution in [-0.2, 0) is 5.41 Å². The molecule has 3 N–H and O–H groups in total. The van der Waals surface area contributed by atoms with Gasteiger partial charge in [0.15, 0.2) is 5.82 Å².